The predicted octanol–water partition coefficient (Wildman–Crippen LogP) is 4.23. The zero-order valence-electron chi connectivity index (χ0n) is 11.7. The van der Waals surface area contributed by atoms with Crippen LogP contribution in [-0.4, -0.2) is 24.3 Å². The van der Waals surface area contributed by atoms with Gasteiger partial charge in [-0.3, -0.25) is 0 Å². The summed E-state index contributed by atoms with van der Waals surface area (Å²) in [5.41, 5.74) is 2.95. The van der Waals surface area contributed by atoms with Crippen LogP contribution in [0.25, 0.3) is 22.9 Å². The standard InChI is InChI=1S/C16H14BrN3O/c1-20(2)14-9-5-12(6-10-14)16-19-18-15(21-16)11-3-7-13(17)8-4-11/h3-10H,1-2H3. The molecule has 21 heavy (non-hydrogen) atoms. The fourth-order valence-corrected chi connectivity index (χ4v) is 2.22. The number of benzene rings is 2. The van der Waals surface area contributed by atoms with Gasteiger partial charge in [0.25, 0.3) is 0 Å². The number of anilines is 1. The van der Waals surface area contributed by atoms with Crippen molar-refractivity contribution in [2.24, 2.45) is 0 Å². The van der Waals surface area contributed by atoms with Crippen molar-refractivity contribution in [1.29, 1.82) is 0 Å². The van der Waals surface area contributed by atoms with Crippen molar-refractivity contribution in [2.45, 2.75) is 0 Å². The minimum Gasteiger partial charge on any atom is -0.416 e. The second-order valence-corrected chi connectivity index (χ2v) is 5.78. The Morgan fingerprint density at radius 2 is 1.29 bits per heavy atom. The average molecular weight is 344 g/mol. The predicted molar refractivity (Wildman–Crippen MR) is 87.2 cm³/mol. The molecule has 0 saturated heterocycles. The molecule has 3 aromatic rings. The number of aromatic nitrogens is 2. The molecule has 0 saturated carbocycles. The Kier molecular flexibility index (Phi) is 3.75. The van der Waals surface area contributed by atoms with Gasteiger partial charge in [-0.05, 0) is 48.5 Å². The molecule has 0 N–H and O–H groups in total. The van der Waals surface area contributed by atoms with Crippen molar-refractivity contribution in [3.05, 3.63) is 53.0 Å². The fraction of sp³-hybridized carbons (Fsp3) is 0.125. The highest BCUT2D eigenvalue weighted by atomic mass is 79.9. The summed E-state index contributed by atoms with van der Waals surface area (Å²) in [4.78, 5) is 2.05. The summed E-state index contributed by atoms with van der Waals surface area (Å²) < 4.78 is 6.76. The zero-order valence-corrected chi connectivity index (χ0v) is 13.3. The van der Waals surface area contributed by atoms with Gasteiger partial charge in [-0.2, -0.15) is 0 Å². The highest BCUT2D eigenvalue weighted by molar-refractivity contribution is 9.10. The molecule has 0 aliphatic heterocycles. The van der Waals surface area contributed by atoms with Crippen molar-refractivity contribution in [2.75, 3.05) is 19.0 Å². The third-order valence-corrected chi connectivity index (χ3v) is 3.68. The maximum atomic E-state index is 5.74. The van der Waals surface area contributed by atoms with Crippen molar-refractivity contribution in [3.8, 4) is 22.9 Å². The lowest BCUT2D eigenvalue weighted by Crippen LogP contribution is -2.07. The van der Waals surface area contributed by atoms with Gasteiger partial charge in [-0.1, -0.05) is 15.9 Å². The highest BCUT2D eigenvalue weighted by Crippen LogP contribution is 2.26. The van der Waals surface area contributed by atoms with Crippen molar-refractivity contribution < 1.29 is 4.42 Å². The average Bonchev–Trinajstić information content (AvgIpc) is 2.98. The minimum atomic E-state index is 0.522. The summed E-state index contributed by atoms with van der Waals surface area (Å²) in [5, 5.41) is 8.23. The van der Waals surface area contributed by atoms with Gasteiger partial charge in [0.05, 0.1) is 0 Å². The molecule has 0 fully saturated rings. The number of nitrogens with zero attached hydrogens (tertiary/aromatic N) is 3. The lowest BCUT2D eigenvalue weighted by molar-refractivity contribution is 0.584. The van der Waals surface area contributed by atoms with E-state index >= 15 is 0 Å². The molecule has 1 heterocycles. The topological polar surface area (TPSA) is 42.2 Å². The molecule has 0 radical (unpaired) electrons. The Morgan fingerprint density at radius 1 is 0.810 bits per heavy atom. The normalized spacial score (nSPS) is 10.6. The molecule has 3 rings (SSSR count). The highest BCUT2D eigenvalue weighted by Gasteiger charge is 2.10. The van der Waals surface area contributed by atoms with Gasteiger partial charge in [0.15, 0.2) is 0 Å². The second kappa shape index (κ2) is 5.69. The van der Waals surface area contributed by atoms with E-state index in [-0.39, 0.29) is 0 Å². The first-order chi connectivity index (χ1) is 10.1. The van der Waals surface area contributed by atoms with Crippen LogP contribution in [-0.2, 0) is 0 Å². The summed E-state index contributed by atoms with van der Waals surface area (Å²) in [6.07, 6.45) is 0. The first kappa shape index (κ1) is 13.8. The van der Waals surface area contributed by atoms with Gasteiger partial charge in [0.1, 0.15) is 0 Å². The molecule has 0 bridgehead atoms. The molecular formula is C16H14BrN3O. The monoisotopic (exact) mass is 343 g/mol. The first-order valence-corrected chi connectivity index (χ1v) is 7.30. The Morgan fingerprint density at radius 3 is 1.76 bits per heavy atom. The van der Waals surface area contributed by atoms with E-state index in [2.05, 4.69) is 26.1 Å². The lowest BCUT2D eigenvalue weighted by atomic mass is 10.2. The van der Waals surface area contributed by atoms with Crippen LogP contribution in [0.1, 0.15) is 0 Å². The number of hydrogen-bond donors (Lipinski definition) is 0. The molecule has 1 aromatic heterocycles. The molecular weight excluding hydrogens is 330 g/mol. The van der Waals surface area contributed by atoms with Crippen molar-refractivity contribution >= 4 is 21.6 Å². The van der Waals surface area contributed by atoms with E-state index in [9.17, 15) is 0 Å². The smallest absolute Gasteiger partial charge is 0.248 e. The SMILES string of the molecule is CN(C)c1ccc(-c2nnc(-c3ccc(Br)cc3)o2)cc1. The molecule has 0 unspecified atom stereocenters. The summed E-state index contributed by atoms with van der Waals surface area (Å²) in [7, 11) is 4.01. The lowest BCUT2D eigenvalue weighted by Gasteiger charge is -2.11. The summed E-state index contributed by atoms with van der Waals surface area (Å²) in [6, 6.07) is 15.8. The van der Waals surface area contributed by atoms with E-state index in [0.717, 1.165) is 21.3 Å². The third kappa shape index (κ3) is 2.97. The Hall–Kier alpha value is -2.14. The quantitative estimate of drug-likeness (QED) is 0.713. The van der Waals surface area contributed by atoms with Gasteiger partial charge >= 0.3 is 0 Å². The van der Waals surface area contributed by atoms with Gasteiger partial charge in [-0.25, -0.2) is 0 Å². The van der Waals surface area contributed by atoms with Crippen LogP contribution in [0.3, 0.4) is 0 Å². The van der Waals surface area contributed by atoms with Crippen LogP contribution in [0.4, 0.5) is 5.69 Å². The summed E-state index contributed by atoms with van der Waals surface area (Å²) >= 11 is 3.41. The molecule has 0 aliphatic carbocycles. The number of hydrogen-bond acceptors (Lipinski definition) is 4. The maximum Gasteiger partial charge on any atom is 0.248 e. The number of halogens is 1. The minimum absolute atomic E-state index is 0.522. The molecule has 5 heteroatoms. The first-order valence-electron chi connectivity index (χ1n) is 6.51. The summed E-state index contributed by atoms with van der Waals surface area (Å²) in [6.45, 7) is 0. The van der Waals surface area contributed by atoms with E-state index in [1.807, 2.05) is 67.5 Å². The van der Waals surface area contributed by atoms with E-state index in [4.69, 9.17) is 4.42 Å². The van der Waals surface area contributed by atoms with E-state index < -0.39 is 0 Å². The van der Waals surface area contributed by atoms with Crippen LogP contribution in [0, 0.1) is 0 Å². The van der Waals surface area contributed by atoms with Gasteiger partial charge in [0.2, 0.25) is 11.8 Å². The maximum absolute atomic E-state index is 5.74. The number of rotatable bonds is 3. The van der Waals surface area contributed by atoms with E-state index in [0.29, 0.717) is 11.8 Å². The Bertz CT molecular complexity index is 733. The summed E-state index contributed by atoms with van der Waals surface area (Å²) in [5.74, 6) is 1.05. The largest absolute Gasteiger partial charge is 0.416 e. The zero-order chi connectivity index (χ0) is 14.8. The van der Waals surface area contributed by atoms with E-state index in [1.54, 1.807) is 0 Å². The molecule has 4 nitrogen and oxygen atoms in total. The van der Waals surface area contributed by atoms with Crippen LogP contribution in [0.5, 0.6) is 0 Å². The molecule has 0 aliphatic rings. The van der Waals surface area contributed by atoms with Crippen molar-refractivity contribution in [3.63, 3.8) is 0 Å². The van der Waals surface area contributed by atoms with Gasteiger partial charge in [0, 0.05) is 35.4 Å². The van der Waals surface area contributed by atoms with E-state index in [1.165, 1.54) is 0 Å². The molecule has 0 atom stereocenters. The van der Waals surface area contributed by atoms with Crippen molar-refractivity contribution in [1.82, 2.24) is 10.2 Å². The van der Waals surface area contributed by atoms with Crippen LogP contribution in [0.15, 0.2) is 57.4 Å². The van der Waals surface area contributed by atoms with Gasteiger partial charge < -0.3 is 9.32 Å². The Labute approximate surface area is 131 Å². The Balaban J connectivity index is 1.89. The second-order valence-electron chi connectivity index (χ2n) is 4.86. The van der Waals surface area contributed by atoms with Gasteiger partial charge in [-0.15, -0.1) is 10.2 Å². The third-order valence-electron chi connectivity index (χ3n) is 3.15. The molecule has 0 amide bonds. The van der Waals surface area contributed by atoms with Crippen LogP contribution < -0.4 is 4.90 Å². The molecule has 2 aromatic carbocycles. The molecule has 0 spiro atoms. The fourth-order valence-electron chi connectivity index (χ4n) is 1.95. The van der Waals surface area contributed by atoms with Crippen LogP contribution in [0.2, 0.25) is 0 Å². The van der Waals surface area contributed by atoms with Crippen LogP contribution >= 0.6 is 15.9 Å². The molecule has 106 valence electrons.